The minimum absolute atomic E-state index is 0.231. The largest absolute Gasteiger partial charge is 0.326 e. The summed E-state index contributed by atoms with van der Waals surface area (Å²) in [4.78, 5) is 21.2. The molecule has 1 rings (SSSR count). The second-order valence-corrected chi connectivity index (χ2v) is 4.67. The number of rotatable bonds is 4. The van der Waals surface area contributed by atoms with Crippen LogP contribution in [0, 0.1) is 17.2 Å². The van der Waals surface area contributed by atoms with Gasteiger partial charge in [-0.3, -0.25) is 9.66 Å². The number of nitrogens with one attached hydrogen (secondary N) is 1. The van der Waals surface area contributed by atoms with Crippen LogP contribution in [0.15, 0.2) is 6.33 Å². The molecular formula is C6H10N5O3P. The second kappa shape index (κ2) is 4.51. The van der Waals surface area contributed by atoms with Gasteiger partial charge in [0.15, 0.2) is 0 Å². The fraction of sp³-hybridized carbons (Fsp3) is 0.500. The second-order valence-electron chi connectivity index (χ2n) is 2.98. The van der Waals surface area contributed by atoms with Crippen LogP contribution in [0.25, 0.3) is 0 Å². The summed E-state index contributed by atoms with van der Waals surface area (Å²) >= 11 is 0. The Balaban J connectivity index is 2.77. The normalized spacial score (nSPS) is 15.6. The van der Waals surface area contributed by atoms with Crippen LogP contribution >= 0.6 is 7.60 Å². The molecule has 9 heteroatoms. The molecule has 0 unspecified atom stereocenters. The summed E-state index contributed by atoms with van der Waals surface area (Å²) in [7, 11) is -4.26. The first-order chi connectivity index (χ1) is 6.94. The van der Waals surface area contributed by atoms with Crippen LogP contribution in [0.2, 0.25) is 0 Å². The zero-order chi connectivity index (χ0) is 11.5. The molecule has 1 aromatic rings. The first-order valence-corrected chi connectivity index (χ1v) is 5.79. The van der Waals surface area contributed by atoms with Crippen LogP contribution < -0.4 is 5.73 Å². The Bertz CT molecular complexity index is 393. The Hall–Kier alpha value is -1.26. The summed E-state index contributed by atoms with van der Waals surface area (Å²) in [5, 5.41) is 14.7. The number of nitriles is 1. The average Bonchev–Trinajstić information content (AvgIpc) is 2.64. The first-order valence-electron chi connectivity index (χ1n) is 3.99. The molecular weight excluding hydrogens is 221 g/mol. The fourth-order valence-corrected chi connectivity index (χ4v) is 1.88. The van der Waals surface area contributed by atoms with Crippen molar-refractivity contribution in [3.8, 4) is 6.07 Å². The van der Waals surface area contributed by atoms with Gasteiger partial charge >= 0.3 is 7.60 Å². The SMILES string of the molecule is N#C[C@@H](CP(=O)(O)O)[C@H](N)c1ncn[nH]1. The quantitative estimate of drug-likeness (QED) is 0.491. The lowest BCUT2D eigenvalue weighted by Crippen LogP contribution is -2.24. The van der Waals surface area contributed by atoms with Gasteiger partial charge in [-0.1, -0.05) is 0 Å². The molecule has 0 bridgehead atoms. The third-order valence-corrected chi connectivity index (χ3v) is 2.65. The molecule has 2 atom stereocenters. The topological polar surface area (TPSA) is 149 Å². The van der Waals surface area contributed by atoms with E-state index in [9.17, 15) is 4.57 Å². The van der Waals surface area contributed by atoms with Gasteiger partial charge in [-0.05, 0) is 0 Å². The molecule has 0 aliphatic heterocycles. The van der Waals surface area contributed by atoms with E-state index in [-0.39, 0.29) is 5.82 Å². The van der Waals surface area contributed by atoms with E-state index in [4.69, 9.17) is 20.8 Å². The molecule has 0 amide bonds. The standard InChI is InChI=1S/C6H10N5O3P/c7-1-4(2-15(12,13)14)5(8)6-9-3-10-11-6/h3-5H,2,8H2,(H,9,10,11)(H2,12,13,14)/t4-,5-/m0/s1. The Morgan fingerprint density at radius 2 is 2.40 bits per heavy atom. The van der Waals surface area contributed by atoms with Gasteiger partial charge in [-0.15, -0.1) is 0 Å². The minimum atomic E-state index is -4.26. The Morgan fingerprint density at radius 3 is 2.80 bits per heavy atom. The van der Waals surface area contributed by atoms with E-state index in [1.165, 1.54) is 6.33 Å². The van der Waals surface area contributed by atoms with Crippen LogP contribution in [0.5, 0.6) is 0 Å². The summed E-state index contributed by atoms with van der Waals surface area (Å²) in [6, 6.07) is 0.857. The molecule has 0 aliphatic carbocycles. The predicted molar refractivity (Wildman–Crippen MR) is 49.3 cm³/mol. The maximum absolute atomic E-state index is 10.7. The van der Waals surface area contributed by atoms with Crippen LogP contribution in [-0.4, -0.2) is 31.1 Å². The Kier molecular flexibility index (Phi) is 3.55. The zero-order valence-corrected chi connectivity index (χ0v) is 8.50. The van der Waals surface area contributed by atoms with Crippen molar-refractivity contribution in [3.05, 3.63) is 12.2 Å². The monoisotopic (exact) mass is 231 g/mol. The first kappa shape index (κ1) is 11.8. The highest BCUT2D eigenvalue weighted by Crippen LogP contribution is 2.39. The van der Waals surface area contributed by atoms with Crippen molar-refractivity contribution in [2.24, 2.45) is 11.7 Å². The number of H-pyrrole nitrogens is 1. The van der Waals surface area contributed by atoms with Crippen molar-refractivity contribution in [2.45, 2.75) is 6.04 Å². The maximum Gasteiger partial charge on any atom is 0.326 e. The number of nitrogens with two attached hydrogens (primary N) is 1. The van der Waals surface area contributed by atoms with Gasteiger partial charge in [0.1, 0.15) is 12.2 Å². The Labute approximate surface area is 85.3 Å². The van der Waals surface area contributed by atoms with Crippen molar-refractivity contribution >= 4 is 7.60 Å². The molecule has 8 nitrogen and oxygen atoms in total. The predicted octanol–water partition coefficient (Wildman–Crippen LogP) is -0.878. The number of aromatic nitrogens is 3. The molecule has 0 saturated carbocycles. The van der Waals surface area contributed by atoms with Gasteiger partial charge in [-0.25, -0.2) is 4.98 Å². The van der Waals surface area contributed by atoms with E-state index in [1.54, 1.807) is 6.07 Å². The average molecular weight is 231 g/mol. The molecule has 0 fully saturated rings. The molecule has 0 saturated heterocycles. The molecule has 1 heterocycles. The van der Waals surface area contributed by atoms with Gasteiger partial charge in [0, 0.05) is 0 Å². The highest BCUT2D eigenvalue weighted by molar-refractivity contribution is 7.51. The van der Waals surface area contributed by atoms with Gasteiger partial charge in [0.25, 0.3) is 0 Å². The highest BCUT2D eigenvalue weighted by Gasteiger charge is 2.28. The highest BCUT2D eigenvalue weighted by atomic mass is 31.2. The third-order valence-electron chi connectivity index (χ3n) is 1.78. The lowest BCUT2D eigenvalue weighted by atomic mass is 10.0. The summed E-state index contributed by atoms with van der Waals surface area (Å²) in [6.45, 7) is 0. The summed E-state index contributed by atoms with van der Waals surface area (Å²) in [6.07, 6.45) is 0.618. The van der Waals surface area contributed by atoms with Crippen molar-refractivity contribution in [1.82, 2.24) is 15.2 Å². The molecule has 0 radical (unpaired) electrons. The van der Waals surface area contributed by atoms with Crippen molar-refractivity contribution in [3.63, 3.8) is 0 Å². The van der Waals surface area contributed by atoms with E-state index in [2.05, 4.69) is 15.2 Å². The minimum Gasteiger partial charge on any atom is -0.324 e. The lowest BCUT2D eigenvalue weighted by Gasteiger charge is -2.15. The van der Waals surface area contributed by atoms with Gasteiger partial charge < -0.3 is 15.5 Å². The molecule has 15 heavy (non-hydrogen) atoms. The van der Waals surface area contributed by atoms with E-state index >= 15 is 0 Å². The number of hydrogen-bond donors (Lipinski definition) is 4. The summed E-state index contributed by atoms with van der Waals surface area (Å²) < 4.78 is 10.7. The lowest BCUT2D eigenvalue weighted by molar-refractivity contribution is 0.361. The number of hydrogen-bond acceptors (Lipinski definition) is 5. The Morgan fingerprint density at radius 1 is 1.73 bits per heavy atom. The van der Waals surface area contributed by atoms with Crippen molar-refractivity contribution < 1.29 is 14.4 Å². The van der Waals surface area contributed by atoms with Crippen molar-refractivity contribution in [2.75, 3.05) is 6.16 Å². The smallest absolute Gasteiger partial charge is 0.324 e. The molecule has 0 spiro atoms. The van der Waals surface area contributed by atoms with Gasteiger partial charge in [0.2, 0.25) is 0 Å². The summed E-state index contributed by atoms with van der Waals surface area (Å²) in [5.74, 6) is -0.770. The number of nitrogens with zero attached hydrogens (tertiary/aromatic N) is 3. The fourth-order valence-electron chi connectivity index (χ4n) is 1.06. The zero-order valence-electron chi connectivity index (χ0n) is 7.61. The van der Waals surface area contributed by atoms with E-state index in [1.807, 2.05) is 0 Å². The van der Waals surface area contributed by atoms with E-state index in [0.717, 1.165) is 0 Å². The van der Waals surface area contributed by atoms with Gasteiger partial charge in [0.05, 0.1) is 24.2 Å². The van der Waals surface area contributed by atoms with Gasteiger partial charge in [-0.2, -0.15) is 10.4 Å². The molecule has 5 N–H and O–H groups in total. The van der Waals surface area contributed by atoms with Crippen LogP contribution in [0.4, 0.5) is 0 Å². The molecule has 82 valence electrons. The maximum atomic E-state index is 10.7. The van der Waals surface area contributed by atoms with Crippen LogP contribution in [-0.2, 0) is 4.57 Å². The molecule has 1 aromatic heterocycles. The van der Waals surface area contributed by atoms with Crippen LogP contribution in [0.3, 0.4) is 0 Å². The third kappa shape index (κ3) is 3.42. The van der Waals surface area contributed by atoms with Crippen molar-refractivity contribution in [1.29, 1.82) is 5.26 Å². The van der Waals surface area contributed by atoms with E-state index < -0.39 is 25.7 Å². The molecule has 0 aliphatic rings. The van der Waals surface area contributed by atoms with E-state index in [0.29, 0.717) is 0 Å². The summed E-state index contributed by atoms with van der Waals surface area (Å²) in [5.41, 5.74) is 5.60. The van der Waals surface area contributed by atoms with Crippen LogP contribution in [0.1, 0.15) is 11.9 Å². The number of aromatic amines is 1. The molecule has 0 aromatic carbocycles.